The topological polar surface area (TPSA) is 126 Å². The maximum Gasteiger partial charge on any atom is 0.266 e. The first-order valence-corrected chi connectivity index (χ1v) is 15.6. The number of furan rings is 1. The zero-order valence-corrected chi connectivity index (χ0v) is 24.9. The van der Waals surface area contributed by atoms with Gasteiger partial charge in [0.05, 0.1) is 11.7 Å². The minimum absolute atomic E-state index is 0.184. The molecule has 5 rings (SSSR count). The lowest BCUT2D eigenvalue weighted by molar-refractivity contribution is -0.117. The largest absolute Gasteiger partial charge is 0.456 e. The van der Waals surface area contributed by atoms with Crippen molar-refractivity contribution in [1.82, 2.24) is 5.32 Å². The van der Waals surface area contributed by atoms with Gasteiger partial charge < -0.3 is 15.1 Å². The molecule has 0 aliphatic heterocycles. The lowest BCUT2D eigenvalue weighted by Crippen LogP contribution is -2.28. The summed E-state index contributed by atoms with van der Waals surface area (Å²) in [5.41, 5.74) is 6.27. The summed E-state index contributed by atoms with van der Waals surface area (Å²) in [5.74, 6) is -0.998. The highest BCUT2D eigenvalue weighted by atomic mass is 32.2. The number of allylic oxidation sites excluding steroid dienone is 1. The molecule has 0 saturated carbocycles. The molecule has 0 aliphatic rings. The van der Waals surface area contributed by atoms with Crippen LogP contribution in [0.1, 0.15) is 39.9 Å². The van der Waals surface area contributed by atoms with E-state index >= 15 is 0 Å². The van der Waals surface area contributed by atoms with Gasteiger partial charge in [0, 0.05) is 28.7 Å². The molecule has 0 radical (unpaired) electrons. The van der Waals surface area contributed by atoms with Crippen LogP contribution in [0.3, 0.4) is 0 Å². The second-order valence-electron chi connectivity index (χ2n) is 10.6. The Bertz CT molecular complexity index is 1880. The molecule has 2 amide bonds. The smallest absolute Gasteiger partial charge is 0.266 e. The van der Waals surface area contributed by atoms with E-state index in [1.54, 1.807) is 24.3 Å². The van der Waals surface area contributed by atoms with Crippen molar-refractivity contribution in [2.45, 2.75) is 19.3 Å². The van der Waals surface area contributed by atoms with Gasteiger partial charge >= 0.3 is 0 Å². The third-order valence-electron chi connectivity index (χ3n) is 7.29. The van der Waals surface area contributed by atoms with Gasteiger partial charge in [-0.1, -0.05) is 66.7 Å². The lowest BCUT2D eigenvalue weighted by Gasteiger charge is -2.18. The van der Waals surface area contributed by atoms with Gasteiger partial charge in [-0.05, 0) is 78.6 Å². The Balaban J connectivity index is 1.32. The van der Waals surface area contributed by atoms with Gasteiger partial charge in [-0.3, -0.25) is 14.1 Å². The van der Waals surface area contributed by atoms with E-state index in [2.05, 4.69) is 17.2 Å². The van der Waals surface area contributed by atoms with Crippen LogP contribution in [0.2, 0.25) is 0 Å². The third-order valence-corrected chi connectivity index (χ3v) is 8.01. The van der Waals surface area contributed by atoms with Gasteiger partial charge in [-0.25, -0.2) is 0 Å². The number of carbonyl (C=O) groups excluding carboxylic acids is 2. The lowest BCUT2D eigenvalue weighted by atomic mass is 9.89. The molecule has 1 heterocycles. The molecule has 0 bridgehead atoms. The van der Waals surface area contributed by atoms with Crippen LogP contribution in [0.25, 0.3) is 27.9 Å². The minimum atomic E-state index is -4.17. The average Bonchev–Trinajstić information content (AvgIpc) is 3.44. The van der Waals surface area contributed by atoms with Crippen LogP contribution in [-0.4, -0.2) is 37.1 Å². The first kappa shape index (κ1) is 30.5. The Morgan fingerprint density at radius 1 is 0.886 bits per heavy atom. The molecule has 0 aliphatic carbocycles. The second kappa shape index (κ2) is 13.1. The molecular weight excluding hydrogens is 576 g/mol. The van der Waals surface area contributed by atoms with Crippen molar-refractivity contribution in [1.29, 1.82) is 0 Å². The fourth-order valence-electron chi connectivity index (χ4n) is 4.86. The van der Waals surface area contributed by atoms with Crippen LogP contribution in [0, 0.1) is 0 Å². The van der Waals surface area contributed by atoms with Crippen molar-refractivity contribution in [2.24, 2.45) is 0 Å². The molecule has 0 spiro atoms. The van der Waals surface area contributed by atoms with Crippen LogP contribution in [-0.2, 0) is 21.3 Å². The predicted molar refractivity (Wildman–Crippen MR) is 173 cm³/mol. The van der Waals surface area contributed by atoms with Gasteiger partial charge in [-0.2, -0.15) is 8.42 Å². The van der Waals surface area contributed by atoms with Crippen molar-refractivity contribution >= 4 is 44.2 Å². The summed E-state index contributed by atoms with van der Waals surface area (Å²) in [4.78, 5) is 26.1. The van der Waals surface area contributed by atoms with Gasteiger partial charge in [0.15, 0.2) is 0 Å². The van der Waals surface area contributed by atoms with E-state index in [0.717, 1.165) is 44.6 Å². The molecule has 1 aromatic heterocycles. The Hall–Kier alpha value is -4.99. The van der Waals surface area contributed by atoms with E-state index in [9.17, 15) is 18.0 Å². The molecule has 1 atom stereocenters. The van der Waals surface area contributed by atoms with Crippen molar-refractivity contribution < 1.29 is 27.0 Å². The molecule has 4 aromatic carbocycles. The molecule has 224 valence electrons. The SMILES string of the molecule is C=C(C)c1ccc(C(Cc2ccc(C(=O)NCCS(=O)(=O)O)cc2)C(=O)Nc2ccc(-c3cc4ccccc4o3)cc2)cc1. The second-order valence-corrected chi connectivity index (χ2v) is 12.2. The summed E-state index contributed by atoms with van der Waals surface area (Å²) in [6, 6.07) is 31.8. The molecule has 1 unspecified atom stereocenters. The molecule has 0 fully saturated rings. The number of fused-ring (bicyclic) bond motifs is 1. The molecule has 3 N–H and O–H groups in total. The number of para-hydroxylation sites is 1. The van der Waals surface area contributed by atoms with Crippen LogP contribution in [0.4, 0.5) is 5.69 Å². The first-order valence-electron chi connectivity index (χ1n) is 14.0. The molecular formula is C35H32N2O6S. The summed E-state index contributed by atoms with van der Waals surface area (Å²) in [6.07, 6.45) is 0.375. The predicted octanol–water partition coefficient (Wildman–Crippen LogP) is 6.72. The van der Waals surface area contributed by atoms with E-state index in [4.69, 9.17) is 8.97 Å². The summed E-state index contributed by atoms with van der Waals surface area (Å²) < 4.78 is 36.6. The summed E-state index contributed by atoms with van der Waals surface area (Å²) >= 11 is 0. The van der Waals surface area contributed by atoms with Gasteiger partial charge in [0.2, 0.25) is 5.91 Å². The number of hydrogen-bond donors (Lipinski definition) is 3. The Morgan fingerprint density at radius 2 is 1.55 bits per heavy atom. The highest BCUT2D eigenvalue weighted by Gasteiger charge is 2.22. The fourth-order valence-corrected chi connectivity index (χ4v) is 5.22. The van der Waals surface area contributed by atoms with Crippen molar-refractivity contribution in [3.05, 3.63) is 132 Å². The number of benzene rings is 4. The summed E-state index contributed by atoms with van der Waals surface area (Å²) in [5, 5.41) is 6.53. The van der Waals surface area contributed by atoms with E-state index in [0.29, 0.717) is 17.7 Å². The molecule has 9 heteroatoms. The molecule has 0 saturated heterocycles. The quantitative estimate of drug-likeness (QED) is 0.143. The van der Waals surface area contributed by atoms with Gasteiger partial charge in [0.25, 0.3) is 16.0 Å². The number of hydrogen-bond acceptors (Lipinski definition) is 5. The van der Waals surface area contributed by atoms with E-state index in [-0.39, 0.29) is 12.5 Å². The maximum absolute atomic E-state index is 13.7. The fraction of sp³-hybridized carbons (Fsp3) is 0.143. The Kier molecular flexibility index (Phi) is 9.08. The Labute approximate surface area is 256 Å². The van der Waals surface area contributed by atoms with Crippen LogP contribution in [0.5, 0.6) is 0 Å². The summed E-state index contributed by atoms with van der Waals surface area (Å²) in [7, 11) is -4.17. The van der Waals surface area contributed by atoms with Crippen LogP contribution < -0.4 is 10.6 Å². The third kappa shape index (κ3) is 7.69. The Morgan fingerprint density at radius 3 is 2.18 bits per heavy atom. The zero-order chi connectivity index (χ0) is 31.3. The maximum atomic E-state index is 13.7. The monoisotopic (exact) mass is 608 g/mol. The zero-order valence-electron chi connectivity index (χ0n) is 24.1. The molecule has 8 nitrogen and oxygen atoms in total. The van der Waals surface area contributed by atoms with Crippen molar-refractivity contribution in [3.63, 3.8) is 0 Å². The number of carbonyl (C=O) groups is 2. The highest BCUT2D eigenvalue weighted by molar-refractivity contribution is 7.85. The van der Waals surface area contributed by atoms with Crippen molar-refractivity contribution in [2.75, 3.05) is 17.6 Å². The van der Waals surface area contributed by atoms with E-state index in [1.807, 2.05) is 85.8 Å². The van der Waals surface area contributed by atoms with Crippen LogP contribution >= 0.6 is 0 Å². The number of anilines is 1. The highest BCUT2D eigenvalue weighted by Crippen LogP contribution is 2.30. The molecule has 5 aromatic rings. The summed E-state index contributed by atoms with van der Waals surface area (Å²) in [6.45, 7) is 5.71. The molecule has 44 heavy (non-hydrogen) atoms. The normalized spacial score (nSPS) is 12.0. The minimum Gasteiger partial charge on any atom is -0.456 e. The van der Waals surface area contributed by atoms with E-state index < -0.39 is 27.7 Å². The number of amides is 2. The van der Waals surface area contributed by atoms with Crippen LogP contribution in [0.15, 0.2) is 114 Å². The first-order chi connectivity index (χ1) is 21.1. The van der Waals surface area contributed by atoms with Gasteiger partial charge in [-0.15, -0.1) is 0 Å². The number of rotatable bonds is 11. The van der Waals surface area contributed by atoms with Crippen molar-refractivity contribution in [3.8, 4) is 11.3 Å². The van der Waals surface area contributed by atoms with E-state index in [1.165, 1.54) is 0 Å². The number of nitrogens with one attached hydrogen (secondary N) is 2. The standard InChI is InChI=1S/C35H32N2O6S/c1-23(2)25-11-13-26(14-12-25)31(21-24-7-9-28(10-8-24)34(38)36-19-20-44(40,41)42)35(39)37-30-17-15-27(16-18-30)33-22-29-5-3-4-6-32(29)43-33/h3-18,22,31H,1,19-21H2,2H3,(H,36,38)(H,37,39)(H,40,41,42). The average molecular weight is 609 g/mol. The van der Waals surface area contributed by atoms with Gasteiger partial charge in [0.1, 0.15) is 11.3 Å².